The minimum atomic E-state index is -1.82. The van der Waals surface area contributed by atoms with E-state index in [4.69, 9.17) is 14.2 Å². The van der Waals surface area contributed by atoms with Crippen molar-refractivity contribution in [3.05, 3.63) is 24.3 Å². The van der Waals surface area contributed by atoms with E-state index in [1.807, 2.05) is 27.7 Å². The maximum absolute atomic E-state index is 10.4. The summed E-state index contributed by atoms with van der Waals surface area (Å²) in [6.45, 7) is -0.402. The van der Waals surface area contributed by atoms with Gasteiger partial charge in [-0.3, -0.25) is 0 Å². The summed E-state index contributed by atoms with van der Waals surface area (Å²) >= 11 is 0. The third kappa shape index (κ3) is 10.9. The Kier molecular flexibility index (Phi) is 15.2. The van der Waals surface area contributed by atoms with Gasteiger partial charge in [-0.05, 0) is 37.5 Å². The highest BCUT2D eigenvalue weighted by atomic mass is 33.1. The van der Waals surface area contributed by atoms with Gasteiger partial charge in [0.25, 0.3) is 0 Å². The molecule has 2 aliphatic rings. The molecule has 2 aliphatic heterocycles. The molecule has 236 valence electrons. The van der Waals surface area contributed by atoms with Crippen LogP contribution in [-0.2, 0) is 14.2 Å². The van der Waals surface area contributed by atoms with Crippen molar-refractivity contribution in [1.29, 1.82) is 0 Å². The van der Waals surface area contributed by atoms with E-state index in [-0.39, 0.29) is 6.54 Å². The molecule has 41 heavy (non-hydrogen) atoms. The Morgan fingerprint density at radius 3 is 2.39 bits per heavy atom. The number of unbranched alkanes of at least 4 members (excludes halogenated alkanes) is 1. The lowest BCUT2D eigenvalue weighted by Crippen LogP contribution is -2.59. The van der Waals surface area contributed by atoms with Crippen molar-refractivity contribution in [2.24, 2.45) is 0 Å². The van der Waals surface area contributed by atoms with Gasteiger partial charge in [0.1, 0.15) is 49.5 Å². The second-order valence-electron chi connectivity index (χ2n) is 10.2. The average molecular weight is 625 g/mol. The van der Waals surface area contributed by atoms with Crippen LogP contribution in [0.3, 0.4) is 0 Å². The molecule has 3 rings (SSSR count). The molecule has 10 unspecified atom stereocenters. The molecule has 10 N–H and O–H groups in total. The van der Waals surface area contributed by atoms with E-state index in [0.717, 1.165) is 23.8 Å². The maximum Gasteiger partial charge on any atom is 0.186 e. The number of aliphatic hydroxyl groups excluding tert-OH is 8. The third-order valence-electron chi connectivity index (χ3n) is 6.97. The fourth-order valence-corrected chi connectivity index (χ4v) is 7.41. The maximum atomic E-state index is 10.4. The Labute approximate surface area is 247 Å². The summed E-state index contributed by atoms with van der Waals surface area (Å²) in [6.07, 6.45) is -9.66. The number of ether oxygens (including phenoxy) is 3. The minimum absolute atomic E-state index is 0.143. The van der Waals surface area contributed by atoms with Gasteiger partial charge in [-0.1, -0.05) is 34.1 Å². The van der Waals surface area contributed by atoms with Crippen molar-refractivity contribution in [3.63, 3.8) is 0 Å². The molecular weight excluding hydrogens is 580 g/mol. The molecule has 15 heteroatoms. The Morgan fingerprint density at radius 2 is 1.68 bits per heavy atom. The van der Waals surface area contributed by atoms with Crippen molar-refractivity contribution >= 4 is 33.0 Å². The summed E-state index contributed by atoms with van der Waals surface area (Å²) in [5.74, 6) is 1.25. The Bertz CT molecular complexity index is 870. The van der Waals surface area contributed by atoms with Crippen molar-refractivity contribution in [1.82, 2.24) is 0 Å². The van der Waals surface area contributed by atoms with E-state index in [0.29, 0.717) is 19.0 Å². The normalized spacial score (nSPS) is 29.6. The van der Waals surface area contributed by atoms with Gasteiger partial charge in [0.15, 0.2) is 6.29 Å². The molecule has 0 radical (unpaired) electrons. The molecule has 0 aromatic heterocycles. The zero-order chi connectivity index (χ0) is 29.8. The summed E-state index contributed by atoms with van der Waals surface area (Å²) in [5, 5.41) is 87.0. The summed E-state index contributed by atoms with van der Waals surface area (Å²) in [5.41, 5.74) is 1.44. The predicted octanol–water partition coefficient (Wildman–Crippen LogP) is -0.931. The molecule has 0 saturated carbocycles. The summed E-state index contributed by atoms with van der Waals surface area (Å²) < 4.78 is 16.0. The van der Waals surface area contributed by atoms with Gasteiger partial charge in [0, 0.05) is 35.5 Å². The number of aliphatic hydroxyl groups is 8. The van der Waals surface area contributed by atoms with Crippen LogP contribution < -0.4 is 10.6 Å². The molecule has 0 aliphatic carbocycles. The molecule has 1 aromatic carbocycles. The van der Waals surface area contributed by atoms with Crippen LogP contribution in [0.15, 0.2) is 24.3 Å². The molecule has 2 saturated heterocycles. The van der Waals surface area contributed by atoms with Gasteiger partial charge in [0.05, 0.1) is 19.3 Å². The second kappa shape index (κ2) is 18.0. The van der Waals surface area contributed by atoms with Crippen LogP contribution in [-0.4, -0.2) is 140 Å². The summed E-state index contributed by atoms with van der Waals surface area (Å²) in [4.78, 5) is 0. The topological polar surface area (TPSA) is 214 Å². The minimum Gasteiger partial charge on any atom is -0.394 e. The Hall–Kier alpha value is -0.920. The average Bonchev–Trinajstić information content (AvgIpc) is 3.50. The van der Waals surface area contributed by atoms with Crippen LogP contribution in [0.2, 0.25) is 0 Å². The Morgan fingerprint density at radius 1 is 0.951 bits per heavy atom. The number of rotatable bonds is 18. The van der Waals surface area contributed by atoms with Crippen LogP contribution in [0.4, 0.5) is 11.4 Å². The fraction of sp³-hybridized carbons (Fsp3) is 0.769. The molecule has 2 heterocycles. The standard InChI is InChI=1S/C26H44N2O11S2/c29-12-20-23(34)24(35)25(36)26(39-20)38-13-19(31)22(33)21(32)18(30)11-27-15-4-3-5-16(10-15)28-14-37-8-2-1-6-17-7-9-40-41-17/h3-5,10,17-36H,1-2,6-9,11-14H2. The van der Waals surface area contributed by atoms with Gasteiger partial charge in [-0.25, -0.2) is 0 Å². The molecule has 0 spiro atoms. The van der Waals surface area contributed by atoms with Crippen molar-refractivity contribution in [2.45, 2.75) is 86.1 Å². The molecule has 10 atom stereocenters. The van der Waals surface area contributed by atoms with Gasteiger partial charge < -0.3 is 65.7 Å². The molecule has 13 nitrogen and oxygen atoms in total. The zero-order valence-corrected chi connectivity index (χ0v) is 24.4. The van der Waals surface area contributed by atoms with Crippen molar-refractivity contribution < 1.29 is 55.1 Å². The van der Waals surface area contributed by atoms with E-state index in [1.54, 1.807) is 18.2 Å². The molecule has 2 fully saturated rings. The highest BCUT2D eigenvalue weighted by molar-refractivity contribution is 8.77. The molecule has 0 bridgehead atoms. The number of nitrogens with one attached hydrogen (secondary N) is 2. The Balaban J connectivity index is 1.33. The van der Waals surface area contributed by atoms with Gasteiger partial charge in [0.2, 0.25) is 0 Å². The lowest BCUT2D eigenvalue weighted by Gasteiger charge is -2.40. The van der Waals surface area contributed by atoms with E-state index >= 15 is 0 Å². The van der Waals surface area contributed by atoms with Gasteiger partial charge in [-0.2, -0.15) is 0 Å². The highest BCUT2D eigenvalue weighted by Gasteiger charge is 2.44. The smallest absolute Gasteiger partial charge is 0.186 e. The van der Waals surface area contributed by atoms with E-state index in [9.17, 15) is 40.9 Å². The molecular formula is C26H44N2O11S2. The fourth-order valence-electron chi connectivity index (χ4n) is 4.38. The number of benzene rings is 1. The number of anilines is 2. The third-order valence-corrected chi connectivity index (χ3v) is 9.97. The lowest BCUT2D eigenvalue weighted by molar-refractivity contribution is -0.306. The van der Waals surface area contributed by atoms with E-state index < -0.39 is 68.3 Å². The SMILES string of the molecule is OCC1OC(OCC(O)C(O)C(O)C(O)CNc2cccc(NCOCCCCC3CCSS3)c2)C(O)C(O)C1O. The summed E-state index contributed by atoms with van der Waals surface area (Å²) in [6, 6.07) is 7.24. The molecule has 1 aromatic rings. The van der Waals surface area contributed by atoms with Crippen LogP contribution >= 0.6 is 21.6 Å². The molecule has 0 amide bonds. The lowest BCUT2D eigenvalue weighted by atomic mass is 9.99. The quantitative estimate of drug-likeness (QED) is 0.0543. The first-order valence-corrected chi connectivity index (χ1v) is 16.2. The van der Waals surface area contributed by atoms with Crippen LogP contribution in [0.5, 0.6) is 0 Å². The monoisotopic (exact) mass is 624 g/mol. The van der Waals surface area contributed by atoms with Gasteiger partial charge in [-0.15, -0.1) is 0 Å². The zero-order valence-electron chi connectivity index (χ0n) is 22.8. The first-order valence-electron chi connectivity index (χ1n) is 13.8. The van der Waals surface area contributed by atoms with Crippen LogP contribution in [0.25, 0.3) is 0 Å². The first-order chi connectivity index (χ1) is 19.7. The van der Waals surface area contributed by atoms with Gasteiger partial charge >= 0.3 is 0 Å². The largest absolute Gasteiger partial charge is 0.394 e. The number of hydrogen-bond donors (Lipinski definition) is 10. The first kappa shape index (κ1) is 34.6. The highest BCUT2D eigenvalue weighted by Crippen LogP contribution is 2.39. The van der Waals surface area contributed by atoms with Crippen LogP contribution in [0, 0.1) is 0 Å². The predicted molar refractivity (Wildman–Crippen MR) is 155 cm³/mol. The summed E-state index contributed by atoms with van der Waals surface area (Å²) in [7, 11) is 3.95. The van der Waals surface area contributed by atoms with Crippen molar-refractivity contribution in [3.8, 4) is 0 Å². The number of hydrogen-bond acceptors (Lipinski definition) is 15. The second-order valence-corrected chi connectivity index (χ2v) is 12.9. The van der Waals surface area contributed by atoms with E-state index in [2.05, 4.69) is 10.6 Å². The van der Waals surface area contributed by atoms with Crippen LogP contribution in [0.1, 0.15) is 25.7 Å². The van der Waals surface area contributed by atoms with E-state index in [1.165, 1.54) is 18.6 Å². The van der Waals surface area contributed by atoms with Crippen molar-refractivity contribution in [2.75, 3.05) is 49.5 Å².